The van der Waals surface area contributed by atoms with Gasteiger partial charge in [-0.05, 0) is 75.1 Å². The van der Waals surface area contributed by atoms with Crippen molar-refractivity contribution < 1.29 is 18.6 Å². The summed E-state index contributed by atoms with van der Waals surface area (Å²) >= 11 is 0. The van der Waals surface area contributed by atoms with Gasteiger partial charge in [0.05, 0.1) is 9.79 Å². The van der Waals surface area contributed by atoms with Gasteiger partial charge in [-0.3, -0.25) is 0 Å². The average Bonchev–Trinajstić information content (AvgIpc) is 2.42. The van der Waals surface area contributed by atoms with Crippen LogP contribution in [-0.4, -0.2) is 18.6 Å². The standard InChI is InChI=1S/C17H20O4S/c1-9-6-14(8-16(19)11(9)3)22(20,21)17-12(4)10(2)7-15(18)13(17)5/h6-8,18-19H,1-5H3. The number of hydrogen-bond donors (Lipinski definition) is 2. The van der Waals surface area contributed by atoms with Gasteiger partial charge in [-0.1, -0.05) is 0 Å². The van der Waals surface area contributed by atoms with E-state index in [4.69, 9.17) is 0 Å². The molecule has 2 aromatic rings. The van der Waals surface area contributed by atoms with Crippen LogP contribution in [0.1, 0.15) is 27.8 Å². The van der Waals surface area contributed by atoms with Crippen molar-refractivity contribution in [3.05, 3.63) is 46.0 Å². The fourth-order valence-electron chi connectivity index (χ4n) is 2.48. The van der Waals surface area contributed by atoms with Crippen LogP contribution in [0.2, 0.25) is 0 Å². The first-order valence-electron chi connectivity index (χ1n) is 6.92. The number of aryl methyl sites for hydroxylation is 2. The van der Waals surface area contributed by atoms with Crippen LogP contribution >= 0.6 is 0 Å². The second-order valence-electron chi connectivity index (χ2n) is 5.68. The Labute approximate surface area is 131 Å². The van der Waals surface area contributed by atoms with E-state index in [0.29, 0.717) is 27.8 Å². The SMILES string of the molecule is Cc1cc(S(=O)(=O)c2c(C)c(C)cc(O)c2C)cc(O)c1C. The molecule has 4 nitrogen and oxygen atoms in total. The maximum Gasteiger partial charge on any atom is 0.207 e. The van der Waals surface area contributed by atoms with Crippen molar-refractivity contribution in [1.29, 1.82) is 0 Å². The zero-order chi connectivity index (χ0) is 16.8. The zero-order valence-corrected chi connectivity index (χ0v) is 14.2. The summed E-state index contributed by atoms with van der Waals surface area (Å²) in [6.45, 7) is 8.54. The summed E-state index contributed by atoms with van der Waals surface area (Å²) in [5.41, 5.74) is 2.98. The molecule has 0 aliphatic rings. The van der Waals surface area contributed by atoms with Crippen LogP contribution in [0, 0.1) is 34.6 Å². The van der Waals surface area contributed by atoms with E-state index in [0.717, 1.165) is 0 Å². The first kappa shape index (κ1) is 16.4. The van der Waals surface area contributed by atoms with Crippen LogP contribution in [0.15, 0.2) is 28.0 Å². The Balaban J connectivity index is 2.83. The molecule has 2 N–H and O–H groups in total. The number of phenolic OH excluding ortho intramolecular Hbond substituents is 2. The van der Waals surface area contributed by atoms with E-state index in [9.17, 15) is 18.6 Å². The molecule has 0 amide bonds. The second kappa shape index (κ2) is 5.32. The molecule has 22 heavy (non-hydrogen) atoms. The fraction of sp³-hybridized carbons (Fsp3) is 0.294. The first-order valence-corrected chi connectivity index (χ1v) is 8.40. The molecule has 0 aromatic heterocycles. The van der Waals surface area contributed by atoms with Crippen LogP contribution in [0.3, 0.4) is 0 Å². The Morgan fingerprint density at radius 2 is 1.23 bits per heavy atom. The molecule has 0 unspecified atom stereocenters. The highest BCUT2D eigenvalue weighted by molar-refractivity contribution is 7.91. The number of hydrogen-bond acceptors (Lipinski definition) is 4. The number of aromatic hydroxyl groups is 2. The molecular weight excluding hydrogens is 300 g/mol. The van der Waals surface area contributed by atoms with E-state index in [-0.39, 0.29) is 21.3 Å². The lowest BCUT2D eigenvalue weighted by Crippen LogP contribution is -2.08. The highest BCUT2D eigenvalue weighted by Gasteiger charge is 2.26. The molecule has 0 radical (unpaired) electrons. The quantitative estimate of drug-likeness (QED) is 0.888. The van der Waals surface area contributed by atoms with Gasteiger partial charge in [0.2, 0.25) is 9.84 Å². The maximum atomic E-state index is 13.0. The minimum absolute atomic E-state index is 0.0318. The molecule has 0 spiro atoms. The van der Waals surface area contributed by atoms with Gasteiger partial charge in [-0.2, -0.15) is 0 Å². The van der Waals surface area contributed by atoms with E-state index < -0.39 is 9.84 Å². The van der Waals surface area contributed by atoms with Gasteiger partial charge in [0, 0.05) is 5.56 Å². The van der Waals surface area contributed by atoms with Gasteiger partial charge in [0.15, 0.2) is 0 Å². The predicted molar refractivity (Wildman–Crippen MR) is 85.4 cm³/mol. The van der Waals surface area contributed by atoms with Crippen LogP contribution in [0.25, 0.3) is 0 Å². The monoisotopic (exact) mass is 320 g/mol. The van der Waals surface area contributed by atoms with E-state index in [1.165, 1.54) is 6.07 Å². The van der Waals surface area contributed by atoms with E-state index in [1.54, 1.807) is 46.8 Å². The number of rotatable bonds is 2. The normalized spacial score (nSPS) is 11.7. The summed E-state index contributed by atoms with van der Waals surface area (Å²) in [5, 5.41) is 19.9. The zero-order valence-electron chi connectivity index (χ0n) is 13.4. The highest BCUT2D eigenvalue weighted by Crippen LogP contribution is 2.35. The lowest BCUT2D eigenvalue weighted by molar-refractivity contribution is 0.467. The van der Waals surface area contributed by atoms with Crippen molar-refractivity contribution in [3.8, 4) is 11.5 Å². The van der Waals surface area contributed by atoms with Crippen molar-refractivity contribution in [2.75, 3.05) is 0 Å². The minimum atomic E-state index is -3.83. The molecule has 0 heterocycles. The van der Waals surface area contributed by atoms with Crippen LogP contribution in [0.4, 0.5) is 0 Å². The summed E-state index contributed by atoms with van der Waals surface area (Å²) in [5.74, 6) is -0.0968. The van der Waals surface area contributed by atoms with E-state index >= 15 is 0 Å². The van der Waals surface area contributed by atoms with Crippen molar-refractivity contribution in [1.82, 2.24) is 0 Å². The molecule has 118 valence electrons. The topological polar surface area (TPSA) is 74.6 Å². The summed E-state index contributed by atoms with van der Waals surface area (Å²) < 4.78 is 25.9. The Bertz CT molecular complexity index is 815. The molecule has 0 saturated carbocycles. The van der Waals surface area contributed by atoms with Crippen LogP contribution in [0.5, 0.6) is 11.5 Å². The van der Waals surface area contributed by atoms with Crippen LogP contribution < -0.4 is 0 Å². The van der Waals surface area contributed by atoms with Gasteiger partial charge < -0.3 is 10.2 Å². The Hall–Kier alpha value is -2.01. The molecule has 0 aliphatic heterocycles. The summed E-state index contributed by atoms with van der Waals surface area (Å²) in [6, 6.07) is 4.36. The smallest absolute Gasteiger partial charge is 0.207 e. The fourth-order valence-corrected chi connectivity index (χ4v) is 4.39. The van der Waals surface area contributed by atoms with Crippen molar-refractivity contribution in [2.45, 2.75) is 44.4 Å². The third-order valence-electron chi connectivity index (χ3n) is 4.20. The third kappa shape index (κ3) is 2.46. The second-order valence-corrected chi connectivity index (χ2v) is 7.57. The third-order valence-corrected chi connectivity index (χ3v) is 6.21. The maximum absolute atomic E-state index is 13.0. The minimum Gasteiger partial charge on any atom is -0.508 e. The van der Waals surface area contributed by atoms with Gasteiger partial charge >= 0.3 is 0 Å². The molecular formula is C17H20O4S. The molecule has 0 aliphatic carbocycles. The predicted octanol–water partition coefficient (Wildman–Crippen LogP) is 3.47. The van der Waals surface area contributed by atoms with Gasteiger partial charge in [0.1, 0.15) is 11.5 Å². The molecule has 0 atom stereocenters. The molecule has 2 aromatic carbocycles. The number of benzene rings is 2. The summed E-state index contributed by atoms with van der Waals surface area (Å²) in [4.78, 5) is 0.136. The van der Waals surface area contributed by atoms with Gasteiger partial charge in [-0.15, -0.1) is 0 Å². The highest BCUT2D eigenvalue weighted by atomic mass is 32.2. The lowest BCUT2D eigenvalue weighted by atomic mass is 10.1. The number of sulfone groups is 1. The summed E-state index contributed by atoms with van der Waals surface area (Å²) in [6.07, 6.45) is 0. The Morgan fingerprint density at radius 1 is 0.727 bits per heavy atom. The number of phenols is 2. The molecule has 0 bridgehead atoms. The van der Waals surface area contributed by atoms with E-state index in [1.807, 2.05) is 0 Å². The Morgan fingerprint density at radius 3 is 1.77 bits per heavy atom. The summed E-state index contributed by atoms with van der Waals surface area (Å²) in [7, 11) is -3.83. The molecule has 0 saturated heterocycles. The van der Waals surface area contributed by atoms with Crippen molar-refractivity contribution in [3.63, 3.8) is 0 Å². The van der Waals surface area contributed by atoms with Crippen molar-refractivity contribution in [2.24, 2.45) is 0 Å². The van der Waals surface area contributed by atoms with E-state index in [2.05, 4.69) is 0 Å². The largest absolute Gasteiger partial charge is 0.508 e. The lowest BCUT2D eigenvalue weighted by Gasteiger charge is -2.16. The Kier molecular flexibility index (Phi) is 3.96. The van der Waals surface area contributed by atoms with Crippen molar-refractivity contribution >= 4 is 9.84 Å². The average molecular weight is 320 g/mol. The van der Waals surface area contributed by atoms with Gasteiger partial charge in [0.25, 0.3) is 0 Å². The molecule has 5 heteroatoms. The molecule has 2 rings (SSSR count). The van der Waals surface area contributed by atoms with Crippen LogP contribution in [-0.2, 0) is 9.84 Å². The first-order chi connectivity index (χ1) is 10.1. The van der Waals surface area contributed by atoms with Gasteiger partial charge in [-0.25, -0.2) is 8.42 Å². The molecule has 0 fully saturated rings.